The molecule has 0 bridgehead atoms. The summed E-state index contributed by atoms with van der Waals surface area (Å²) in [6, 6.07) is 20.6. The average Bonchev–Trinajstić information content (AvgIpc) is 3.36. The van der Waals surface area contributed by atoms with E-state index in [1.807, 2.05) is 41.2 Å². The van der Waals surface area contributed by atoms with Crippen LogP contribution in [0.5, 0.6) is 0 Å². The number of aromatic nitrogens is 2. The maximum Gasteiger partial charge on any atom is 0.186 e. The van der Waals surface area contributed by atoms with Crippen LogP contribution in [0.15, 0.2) is 79.1 Å². The molecule has 0 spiro atoms. The zero-order chi connectivity index (χ0) is 18.9. The highest BCUT2D eigenvalue weighted by Gasteiger charge is 2.19. The molecule has 3 aromatic carbocycles. The van der Waals surface area contributed by atoms with Gasteiger partial charge in [-0.1, -0.05) is 60.7 Å². The second kappa shape index (κ2) is 6.93. The highest BCUT2D eigenvalue weighted by Crippen LogP contribution is 2.33. The molecule has 1 heterocycles. The number of rotatable bonds is 5. The molecule has 0 amide bonds. The summed E-state index contributed by atoms with van der Waals surface area (Å²) in [5, 5.41) is 6.90. The van der Waals surface area contributed by atoms with Crippen molar-refractivity contribution in [1.29, 1.82) is 0 Å². The molecule has 1 aromatic heterocycles. The number of ketones is 1. The topological polar surface area (TPSA) is 34.9 Å². The molecular weight excluding hydrogens is 344 g/mol. The maximum atomic E-state index is 12.8. The van der Waals surface area contributed by atoms with Crippen molar-refractivity contribution < 1.29 is 4.79 Å². The van der Waals surface area contributed by atoms with Crippen molar-refractivity contribution in [2.45, 2.75) is 19.4 Å². The third-order valence-electron chi connectivity index (χ3n) is 5.42. The number of hydrogen-bond acceptors (Lipinski definition) is 2. The van der Waals surface area contributed by atoms with Gasteiger partial charge in [0.15, 0.2) is 5.78 Å². The Morgan fingerprint density at radius 3 is 2.79 bits per heavy atom. The zero-order valence-corrected chi connectivity index (χ0v) is 15.5. The van der Waals surface area contributed by atoms with Gasteiger partial charge in [0.05, 0.1) is 12.7 Å². The van der Waals surface area contributed by atoms with Gasteiger partial charge in [0, 0.05) is 17.3 Å². The number of benzene rings is 3. The quantitative estimate of drug-likeness (QED) is 0.366. The summed E-state index contributed by atoms with van der Waals surface area (Å²) in [5.74, 6) is 0.0596. The molecule has 0 aliphatic heterocycles. The molecule has 0 N–H and O–H groups in total. The lowest BCUT2D eigenvalue weighted by molar-refractivity contribution is 0.104. The molecule has 28 heavy (non-hydrogen) atoms. The first-order valence-corrected chi connectivity index (χ1v) is 9.60. The number of carbonyl (C=O) groups excluding carboxylic acids is 1. The number of allylic oxidation sites excluding steroid dienone is 1. The summed E-state index contributed by atoms with van der Waals surface area (Å²) < 4.78 is 1.89. The predicted molar refractivity (Wildman–Crippen MR) is 112 cm³/mol. The molecule has 0 atom stereocenters. The minimum absolute atomic E-state index is 0.0596. The normalized spacial score (nSPS) is 12.9. The van der Waals surface area contributed by atoms with Crippen molar-refractivity contribution in [2.24, 2.45) is 0 Å². The van der Waals surface area contributed by atoms with E-state index in [4.69, 9.17) is 0 Å². The molecule has 1 aliphatic carbocycles. The molecule has 1 aliphatic rings. The Morgan fingerprint density at radius 1 is 1.00 bits per heavy atom. The van der Waals surface area contributed by atoms with E-state index in [9.17, 15) is 4.79 Å². The summed E-state index contributed by atoms with van der Waals surface area (Å²) in [4.78, 5) is 12.8. The Balaban J connectivity index is 1.37. The van der Waals surface area contributed by atoms with Crippen LogP contribution in [-0.2, 0) is 19.4 Å². The molecule has 3 nitrogen and oxygen atoms in total. The molecule has 3 heteroatoms. The van der Waals surface area contributed by atoms with E-state index in [2.05, 4.69) is 41.5 Å². The van der Waals surface area contributed by atoms with Crippen LogP contribution in [0.4, 0.5) is 0 Å². The second-order valence-corrected chi connectivity index (χ2v) is 7.26. The smallest absolute Gasteiger partial charge is 0.186 e. The van der Waals surface area contributed by atoms with Gasteiger partial charge in [-0.3, -0.25) is 9.48 Å². The van der Waals surface area contributed by atoms with Crippen molar-refractivity contribution in [1.82, 2.24) is 9.78 Å². The third-order valence-corrected chi connectivity index (χ3v) is 5.42. The van der Waals surface area contributed by atoms with Gasteiger partial charge in [0.2, 0.25) is 0 Å². The fourth-order valence-electron chi connectivity index (χ4n) is 4.08. The lowest BCUT2D eigenvalue weighted by Gasteiger charge is -2.06. The van der Waals surface area contributed by atoms with Crippen molar-refractivity contribution >= 4 is 22.6 Å². The fraction of sp³-hybridized carbons (Fsp3) is 0.120. The van der Waals surface area contributed by atoms with E-state index >= 15 is 0 Å². The van der Waals surface area contributed by atoms with Crippen molar-refractivity contribution in [3.63, 3.8) is 0 Å². The highest BCUT2D eigenvalue weighted by atomic mass is 16.1. The zero-order valence-electron chi connectivity index (χ0n) is 15.5. The first-order chi connectivity index (χ1) is 13.8. The molecule has 0 unspecified atom stereocenters. The Bertz CT molecular complexity index is 1200. The van der Waals surface area contributed by atoms with Crippen LogP contribution in [0.25, 0.3) is 16.8 Å². The molecule has 0 radical (unpaired) electrons. The van der Waals surface area contributed by atoms with Gasteiger partial charge in [-0.05, 0) is 52.5 Å². The van der Waals surface area contributed by atoms with E-state index < -0.39 is 0 Å². The van der Waals surface area contributed by atoms with Gasteiger partial charge >= 0.3 is 0 Å². The molecule has 136 valence electrons. The average molecular weight is 364 g/mol. The van der Waals surface area contributed by atoms with Gasteiger partial charge in [0.1, 0.15) is 0 Å². The summed E-state index contributed by atoms with van der Waals surface area (Å²) in [5.41, 5.74) is 5.51. The minimum Gasteiger partial charge on any atom is -0.289 e. The Hall–Kier alpha value is -3.46. The van der Waals surface area contributed by atoms with E-state index in [0.717, 1.165) is 30.5 Å². The van der Waals surface area contributed by atoms with Crippen molar-refractivity contribution in [3.8, 4) is 0 Å². The largest absolute Gasteiger partial charge is 0.289 e. The van der Waals surface area contributed by atoms with Gasteiger partial charge < -0.3 is 0 Å². The summed E-state index contributed by atoms with van der Waals surface area (Å²) >= 11 is 0. The summed E-state index contributed by atoms with van der Waals surface area (Å²) in [7, 11) is 0. The fourth-order valence-corrected chi connectivity index (χ4v) is 4.08. The Kier molecular flexibility index (Phi) is 4.13. The maximum absolute atomic E-state index is 12.8. The van der Waals surface area contributed by atoms with Crippen LogP contribution in [-0.4, -0.2) is 15.6 Å². The molecule has 0 fully saturated rings. The monoisotopic (exact) mass is 364 g/mol. The number of hydrogen-bond donors (Lipinski definition) is 0. The summed E-state index contributed by atoms with van der Waals surface area (Å²) in [6.45, 7) is 0.722. The first kappa shape index (κ1) is 16.7. The minimum atomic E-state index is 0.0596. The van der Waals surface area contributed by atoms with Crippen LogP contribution in [0.1, 0.15) is 32.6 Å². The van der Waals surface area contributed by atoms with Gasteiger partial charge in [-0.25, -0.2) is 0 Å². The van der Waals surface area contributed by atoms with Crippen molar-refractivity contribution in [2.75, 3.05) is 0 Å². The van der Waals surface area contributed by atoms with Crippen molar-refractivity contribution in [3.05, 3.63) is 107 Å². The summed E-state index contributed by atoms with van der Waals surface area (Å²) in [6.07, 6.45) is 9.25. The van der Waals surface area contributed by atoms with E-state index in [-0.39, 0.29) is 5.78 Å². The highest BCUT2D eigenvalue weighted by molar-refractivity contribution is 6.11. The van der Waals surface area contributed by atoms with Crippen LogP contribution in [0, 0.1) is 0 Å². The molecule has 5 rings (SSSR count). The third kappa shape index (κ3) is 3.05. The lowest BCUT2D eigenvalue weighted by atomic mass is 9.97. The molecule has 4 aromatic rings. The van der Waals surface area contributed by atoms with Gasteiger partial charge in [0.25, 0.3) is 0 Å². The first-order valence-electron chi connectivity index (χ1n) is 9.60. The van der Waals surface area contributed by atoms with Gasteiger partial charge in [-0.2, -0.15) is 5.10 Å². The van der Waals surface area contributed by atoms with E-state index in [0.29, 0.717) is 0 Å². The Morgan fingerprint density at radius 2 is 1.89 bits per heavy atom. The van der Waals surface area contributed by atoms with Crippen LogP contribution >= 0.6 is 0 Å². The van der Waals surface area contributed by atoms with Crippen LogP contribution in [0.3, 0.4) is 0 Å². The van der Waals surface area contributed by atoms with E-state index in [1.54, 1.807) is 12.3 Å². The molecular formula is C25H20N2O. The van der Waals surface area contributed by atoms with E-state index in [1.165, 1.54) is 27.5 Å². The molecule has 0 saturated heterocycles. The lowest BCUT2D eigenvalue weighted by Crippen LogP contribution is -2.00. The SMILES string of the molecule is O=C(/C=C/c1cnn(Cc2ccccc2)c1)c1ccc2cccc3c2c1CC3. The predicted octanol–water partition coefficient (Wildman–Crippen LogP) is 5.08. The van der Waals surface area contributed by atoms with Gasteiger partial charge in [-0.15, -0.1) is 0 Å². The molecule has 0 saturated carbocycles. The Labute approximate surface area is 163 Å². The number of carbonyl (C=O) groups is 1. The van der Waals surface area contributed by atoms with Crippen LogP contribution in [0.2, 0.25) is 0 Å². The second-order valence-electron chi connectivity index (χ2n) is 7.26. The number of nitrogens with zero attached hydrogens (tertiary/aromatic N) is 2. The van der Waals surface area contributed by atoms with Crippen LogP contribution < -0.4 is 0 Å². The number of aryl methyl sites for hydroxylation is 2. The standard InChI is InChI=1S/C25H20N2O/c28-24(22-12-10-20-7-4-8-21-11-13-23(22)25(20)21)14-9-19-15-26-27(17-19)16-18-5-2-1-3-6-18/h1-10,12,14-15,17H,11,13,16H2/b14-9+.